The highest BCUT2D eigenvalue weighted by Gasteiger charge is 2.58. The normalized spacial score (nSPS) is 22.8. The zero-order chi connectivity index (χ0) is 21.0. The Bertz CT molecular complexity index is 964. The van der Waals surface area contributed by atoms with Crippen LogP contribution in [0.1, 0.15) is 23.1 Å². The summed E-state index contributed by atoms with van der Waals surface area (Å²) < 4.78 is 70.5. The predicted molar refractivity (Wildman–Crippen MR) is 110 cm³/mol. The van der Waals surface area contributed by atoms with Gasteiger partial charge in [0.15, 0.2) is 11.5 Å². The third kappa shape index (κ3) is 3.70. The highest BCUT2D eigenvalue weighted by Crippen LogP contribution is 2.49. The summed E-state index contributed by atoms with van der Waals surface area (Å²) >= 11 is 11.5. The molecule has 4 rings (SSSR count). The van der Waals surface area contributed by atoms with Crippen molar-refractivity contribution < 1.29 is 22.0 Å². The number of benzene rings is 2. The summed E-state index contributed by atoms with van der Waals surface area (Å²) in [6.07, 6.45) is -5.11. The molecule has 0 amide bonds. The van der Waals surface area contributed by atoms with Gasteiger partial charge in [0.1, 0.15) is 5.41 Å². The molecule has 162 valence electrons. The molecule has 0 radical (unpaired) electrons. The lowest BCUT2D eigenvalue weighted by Crippen LogP contribution is -2.53. The van der Waals surface area contributed by atoms with Crippen molar-refractivity contribution in [2.75, 3.05) is 19.6 Å². The molecule has 1 atom stereocenters. The maximum Gasteiger partial charge on any atom is 0.400 e. The van der Waals surface area contributed by atoms with Crippen molar-refractivity contribution in [3.8, 4) is 0 Å². The zero-order valence-corrected chi connectivity index (χ0v) is 17.6. The van der Waals surface area contributed by atoms with Crippen LogP contribution in [-0.2, 0) is 11.1 Å². The Kier molecular flexibility index (Phi) is 6.15. The Hall–Kier alpha value is -1.41. The second kappa shape index (κ2) is 7.93. The van der Waals surface area contributed by atoms with E-state index in [0.717, 1.165) is 12.1 Å². The first-order chi connectivity index (χ1) is 13.6. The molecule has 2 heterocycles. The van der Waals surface area contributed by atoms with Gasteiger partial charge < -0.3 is 5.32 Å². The number of halogens is 8. The van der Waals surface area contributed by atoms with Crippen LogP contribution in [0.4, 0.5) is 22.0 Å². The molecule has 2 aromatic rings. The number of nitrogens with zero attached hydrogens (tertiary/aromatic N) is 1. The molecule has 0 aliphatic carbocycles. The van der Waals surface area contributed by atoms with E-state index in [1.54, 1.807) is 24.3 Å². The lowest BCUT2D eigenvalue weighted by atomic mass is 9.76. The molecule has 0 spiro atoms. The minimum atomic E-state index is -4.66. The van der Waals surface area contributed by atoms with E-state index in [0.29, 0.717) is 11.1 Å². The van der Waals surface area contributed by atoms with Gasteiger partial charge in [-0.3, -0.25) is 4.99 Å². The monoisotopic (exact) mass is 484 g/mol. The molecular formula is C20H16Cl3F5N2. The van der Waals surface area contributed by atoms with Crippen LogP contribution in [-0.4, -0.2) is 31.5 Å². The predicted octanol–water partition coefficient (Wildman–Crippen LogP) is 6.02. The second-order valence-electron chi connectivity index (χ2n) is 7.42. The molecule has 10 heteroatoms. The van der Waals surface area contributed by atoms with Crippen molar-refractivity contribution in [1.29, 1.82) is 0 Å². The fraction of sp³-hybridized carbons (Fsp3) is 0.350. The van der Waals surface area contributed by atoms with Crippen molar-refractivity contribution in [1.82, 2.24) is 5.32 Å². The number of nitrogens with one attached hydrogen (secondary N) is 1. The standard InChI is InChI=1S/C20H15Cl2F5N2.ClH/c21-14-5-13(6-15(22)17(14)23)18(20(25,26)27)7-16(29-8-18)11-1-3-12(4-2-11)19(24)9-28-10-19;/h1-6,28H,7-10H2;1H. The molecule has 1 fully saturated rings. The van der Waals surface area contributed by atoms with Gasteiger partial charge in [-0.25, -0.2) is 8.78 Å². The molecule has 0 saturated carbocycles. The van der Waals surface area contributed by atoms with Crippen LogP contribution >= 0.6 is 35.6 Å². The largest absolute Gasteiger partial charge is 0.400 e. The third-order valence-corrected chi connectivity index (χ3v) is 6.18. The Morgan fingerprint density at radius 2 is 1.53 bits per heavy atom. The van der Waals surface area contributed by atoms with E-state index in [1.165, 1.54) is 0 Å². The first kappa shape index (κ1) is 23.3. The highest BCUT2D eigenvalue weighted by atomic mass is 35.5. The van der Waals surface area contributed by atoms with E-state index in [9.17, 15) is 22.0 Å². The molecule has 2 aliphatic heterocycles. The number of hydrogen-bond donors (Lipinski definition) is 1. The summed E-state index contributed by atoms with van der Waals surface area (Å²) in [5, 5.41) is 1.91. The van der Waals surface area contributed by atoms with Crippen LogP contribution in [0.3, 0.4) is 0 Å². The fourth-order valence-corrected chi connectivity index (χ4v) is 4.20. The molecule has 30 heavy (non-hydrogen) atoms. The summed E-state index contributed by atoms with van der Waals surface area (Å²) in [5.74, 6) is -0.963. The average Bonchev–Trinajstić information content (AvgIpc) is 3.11. The van der Waals surface area contributed by atoms with Gasteiger partial charge in [-0.1, -0.05) is 47.5 Å². The maximum absolute atomic E-state index is 14.5. The van der Waals surface area contributed by atoms with Gasteiger partial charge in [-0.2, -0.15) is 13.2 Å². The van der Waals surface area contributed by atoms with Crippen LogP contribution in [0.2, 0.25) is 10.0 Å². The maximum atomic E-state index is 14.5. The number of alkyl halides is 4. The lowest BCUT2D eigenvalue weighted by molar-refractivity contribution is -0.183. The number of aliphatic imine (C=N–C) groups is 1. The third-order valence-electron chi connectivity index (χ3n) is 5.63. The summed E-state index contributed by atoms with van der Waals surface area (Å²) in [5.41, 5.74) is -2.85. The zero-order valence-electron chi connectivity index (χ0n) is 15.3. The molecule has 2 aromatic carbocycles. The minimum Gasteiger partial charge on any atom is -0.310 e. The van der Waals surface area contributed by atoms with E-state index in [1.807, 2.05) is 0 Å². The van der Waals surface area contributed by atoms with Gasteiger partial charge in [0.25, 0.3) is 0 Å². The molecule has 0 bridgehead atoms. The van der Waals surface area contributed by atoms with Crippen LogP contribution in [0.15, 0.2) is 41.4 Å². The van der Waals surface area contributed by atoms with Crippen molar-refractivity contribution in [2.45, 2.75) is 23.7 Å². The van der Waals surface area contributed by atoms with Crippen molar-refractivity contribution in [3.05, 3.63) is 69.0 Å². The Morgan fingerprint density at radius 1 is 0.967 bits per heavy atom. The van der Waals surface area contributed by atoms with Gasteiger partial charge in [0.2, 0.25) is 0 Å². The lowest BCUT2D eigenvalue weighted by Gasteiger charge is -2.35. The van der Waals surface area contributed by atoms with Gasteiger partial charge in [0.05, 0.1) is 16.6 Å². The SMILES string of the molecule is Cl.Fc1c(Cl)cc(C2(C(F)(F)F)CN=C(c3ccc(C4(F)CNC4)cc3)C2)cc1Cl. The van der Waals surface area contributed by atoms with Crippen LogP contribution < -0.4 is 5.32 Å². The fourth-order valence-electron chi connectivity index (χ4n) is 3.71. The molecule has 2 nitrogen and oxygen atoms in total. The van der Waals surface area contributed by atoms with Crippen molar-refractivity contribution >= 4 is 41.3 Å². The van der Waals surface area contributed by atoms with Crippen molar-refractivity contribution in [3.63, 3.8) is 0 Å². The van der Waals surface area contributed by atoms with E-state index in [4.69, 9.17) is 23.2 Å². The van der Waals surface area contributed by atoms with Crippen LogP contribution in [0, 0.1) is 5.82 Å². The summed E-state index contributed by atoms with van der Waals surface area (Å²) in [6, 6.07) is 8.19. The first-order valence-electron chi connectivity index (χ1n) is 8.81. The van der Waals surface area contributed by atoms with E-state index in [-0.39, 0.29) is 36.8 Å². The molecular weight excluding hydrogens is 470 g/mol. The number of rotatable bonds is 3. The summed E-state index contributed by atoms with van der Waals surface area (Å²) in [4.78, 5) is 4.12. The van der Waals surface area contributed by atoms with Gasteiger partial charge >= 0.3 is 6.18 Å². The quantitative estimate of drug-likeness (QED) is 0.418. The van der Waals surface area contributed by atoms with Gasteiger partial charge in [-0.05, 0) is 28.8 Å². The van der Waals surface area contributed by atoms with Gasteiger partial charge in [0, 0.05) is 25.2 Å². The average molecular weight is 486 g/mol. The van der Waals surface area contributed by atoms with Crippen LogP contribution in [0.5, 0.6) is 0 Å². The molecule has 1 saturated heterocycles. The Morgan fingerprint density at radius 3 is 2.00 bits per heavy atom. The summed E-state index contributed by atoms with van der Waals surface area (Å²) in [6.45, 7) is -0.157. The molecule has 1 N–H and O–H groups in total. The van der Waals surface area contributed by atoms with E-state index < -0.39 is 46.1 Å². The second-order valence-corrected chi connectivity index (χ2v) is 8.23. The molecule has 1 unspecified atom stereocenters. The Labute approximate surface area is 185 Å². The first-order valence-corrected chi connectivity index (χ1v) is 9.57. The highest BCUT2D eigenvalue weighted by molar-refractivity contribution is 6.35. The Balaban J connectivity index is 0.00000256. The molecule has 2 aliphatic rings. The van der Waals surface area contributed by atoms with E-state index >= 15 is 0 Å². The van der Waals surface area contributed by atoms with E-state index in [2.05, 4.69) is 10.3 Å². The number of hydrogen-bond acceptors (Lipinski definition) is 2. The van der Waals surface area contributed by atoms with Gasteiger partial charge in [-0.15, -0.1) is 12.4 Å². The minimum absolute atomic E-state index is 0. The smallest absolute Gasteiger partial charge is 0.310 e. The van der Waals surface area contributed by atoms with Crippen LogP contribution in [0.25, 0.3) is 0 Å². The topological polar surface area (TPSA) is 24.4 Å². The molecule has 0 aromatic heterocycles. The summed E-state index contributed by atoms with van der Waals surface area (Å²) in [7, 11) is 0. The van der Waals surface area contributed by atoms with Crippen molar-refractivity contribution in [2.24, 2.45) is 4.99 Å².